The van der Waals surface area contributed by atoms with Gasteiger partial charge in [0.05, 0.1) is 17.4 Å². The van der Waals surface area contributed by atoms with Crippen molar-refractivity contribution < 1.29 is 9.59 Å². The number of rotatable bonds is 6. The molecule has 0 radical (unpaired) electrons. The van der Waals surface area contributed by atoms with E-state index in [-0.39, 0.29) is 17.7 Å². The fourth-order valence-corrected chi connectivity index (χ4v) is 2.82. The van der Waals surface area contributed by atoms with Crippen LogP contribution >= 0.6 is 11.8 Å². The van der Waals surface area contributed by atoms with Crippen LogP contribution in [0.15, 0.2) is 59.5 Å². The number of thioether (sulfide) groups is 1. The zero-order chi connectivity index (χ0) is 15.9. The lowest BCUT2D eigenvalue weighted by Crippen LogP contribution is -2.27. The van der Waals surface area contributed by atoms with E-state index in [1.165, 1.54) is 11.8 Å². The van der Waals surface area contributed by atoms with Crippen LogP contribution in [0.5, 0.6) is 0 Å². The number of carbonyl (C=O) groups excluding carboxylic acids is 2. The smallest absolute Gasteiger partial charge is 0.252 e. The molecule has 0 heterocycles. The first kappa shape index (κ1) is 16.1. The SMILES string of the molecule is CC(NC(=O)c1ccccc1SCC(N)=O)c1ccccc1. The second-order valence-electron chi connectivity index (χ2n) is 4.86. The Kier molecular flexibility index (Phi) is 5.61. The molecule has 0 aliphatic carbocycles. The minimum atomic E-state index is -0.405. The van der Waals surface area contributed by atoms with Crippen molar-refractivity contribution in [2.45, 2.75) is 17.9 Å². The standard InChI is InChI=1S/C17H18N2O2S/c1-12(13-7-3-2-4-8-13)19-17(21)14-9-5-6-10-15(14)22-11-16(18)20/h2-10,12H,11H2,1H3,(H2,18,20)(H,19,21). The highest BCUT2D eigenvalue weighted by molar-refractivity contribution is 8.00. The van der Waals surface area contributed by atoms with Crippen LogP contribution in [-0.4, -0.2) is 17.6 Å². The van der Waals surface area contributed by atoms with Gasteiger partial charge in [-0.2, -0.15) is 0 Å². The average molecular weight is 314 g/mol. The molecule has 0 aliphatic rings. The quantitative estimate of drug-likeness (QED) is 0.805. The lowest BCUT2D eigenvalue weighted by molar-refractivity contribution is -0.115. The second kappa shape index (κ2) is 7.66. The summed E-state index contributed by atoms with van der Waals surface area (Å²) in [5, 5.41) is 2.97. The topological polar surface area (TPSA) is 72.2 Å². The van der Waals surface area contributed by atoms with Crippen LogP contribution in [0, 0.1) is 0 Å². The molecule has 2 aromatic rings. The van der Waals surface area contributed by atoms with E-state index in [0.29, 0.717) is 5.56 Å². The number of benzene rings is 2. The molecule has 2 rings (SSSR count). The Morgan fingerprint density at radius 2 is 1.73 bits per heavy atom. The number of amides is 2. The third kappa shape index (κ3) is 4.36. The van der Waals surface area contributed by atoms with Crippen LogP contribution in [0.1, 0.15) is 28.9 Å². The van der Waals surface area contributed by atoms with Crippen molar-refractivity contribution in [2.75, 3.05) is 5.75 Å². The summed E-state index contributed by atoms with van der Waals surface area (Å²) >= 11 is 1.27. The van der Waals surface area contributed by atoms with Crippen molar-refractivity contribution in [1.29, 1.82) is 0 Å². The first-order chi connectivity index (χ1) is 10.6. The highest BCUT2D eigenvalue weighted by Crippen LogP contribution is 2.23. The number of hydrogen-bond acceptors (Lipinski definition) is 3. The molecule has 0 fully saturated rings. The van der Waals surface area contributed by atoms with Gasteiger partial charge in [-0.3, -0.25) is 9.59 Å². The van der Waals surface area contributed by atoms with Crippen LogP contribution in [0.3, 0.4) is 0 Å². The Morgan fingerprint density at radius 3 is 2.41 bits per heavy atom. The molecular weight excluding hydrogens is 296 g/mol. The summed E-state index contributed by atoms with van der Waals surface area (Å²) < 4.78 is 0. The molecular formula is C17H18N2O2S. The molecule has 0 aromatic heterocycles. The van der Waals surface area contributed by atoms with Gasteiger partial charge in [0.15, 0.2) is 0 Å². The van der Waals surface area contributed by atoms with Crippen LogP contribution in [0.4, 0.5) is 0 Å². The lowest BCUT2D eigenvalue weighted by Gasteiger charge is -2.15. The maximum Gasteiger partial charge on any atom is 0.252 e. The van der Waals surface area contributed by atoms with E-state index in [0.717, 1.165) is 10.5 Å². The van der Waals surface area contributed by atoms with Crippen molar-refractivity contribution >= 4 is 23.6 Å². The van der Waals surface area contributed by atoms with Crippen LogP contribution < -0.4 is 11.1 Å². The van der Waals surface area contributed by atoms with Crippen molar-refractivity contribution in [3.05, 3.63) is 65.7 Å². The zero-order valence-electron chi connectivity index (χ0n) is 12.3. The van der Waals surface area contributed by atoms with Gasteiger partial charge in [0, 0.05) is 4.90 Å². The van der Waals surface area contributed by atoms with Gasteiger partial charge in [0.2, 0.25) is 5.91 Å². The van der Waals surface area contributed by atoms with Crippen molar-refractivity contribution in [1.82, 2.24) is 5.32 Å². The Labute approximate surface area is 134 Å². The van der Waals surface area contributed by atoms with Crippen LogP contribution in [0.2, 0.25) is 0 Å². The fourth-order valence-electron chi connectivity index (χ4n) is 2.03. The normalized spacial score (nSPS) is 11.7. The number of nitrogens with two attached hydrogens (primary N) is 1. The molecule has 114 valence electrons. The molecule has 22 heavy (non-hydrogen) atoms. The Balaban J connectivity index is 2.11. The Morgan fingerprint density at radius 1 is 1.09 bits per heavy atom. The van der Waals surface area contributed by atoms with E-state index in [2.05, 4.69) is 5.32 Å². The Bertz CT molecular complexity index is 659. The van der Waals surface area contributed by atoms with Gasteiger partial charge in [-0.05, 0) is 24.6 Å². The highest BCUT2D eigenvalue weighted by Gasteiger charge is 2.15. The van der Waals surface area contributed by atoms with Crippen molar-refractivity contribution in [3.8, 4) is 0 Å². The molecule has 1 atom stereocenters. The largest absolute Gasteiger partial charge is 0.369 e. The second-order valence-corrected chi connectivity index (χ2v) is 5.87. The number of primary amides is 1. The minimum Gasteiger partial charge on any atom is -0.369 e. The molecule has 2 aromatic carbocycles. The lowest BCUT2D eigenvalue weighted by atomic mass is 10.1. The summed E-state index contributed by atoms with van der Waals surface area (Å²) in [6.07, 6.45) is 0. The first-order valence-corrected chi connectivity index (χ1v) is 7.92. The number of hydrogen-bond donors (Lipinski definition) is 2. The van der Waals surface area contributed by atoms with Gasteiger partial charge in [0.25, 0.3) is 5.91 Å². The Hall–Kier alpha value is -2.27. The first-order valence-electron chi connectivity index (χ1n) is 6.94. The summed E-state index contributed by atoms with van der Waals surface area (Å²) in [5.41, 5.74) is 6.76. The van der Waals surface area contributed by atoms with Crippen LogP contribution in [0.25, 0.3) is 0 Å². The molecule has 4 nitrogen and oxygen atoms in total. The number of nitrogens with one attached hydrogen (secondary N) is 1. The molecule has 5 heteroatoms. The fraction of sp³-hybridized carbons (Fsp3) is 0.176. The van der Waals surface area contributed by atoms with Gasteiger partial charge >= 0.3 is 0 Å². The molecule has 0 saturated heterocycles. The maximum atomic E-state index is 12.5. The molecule has 0 spiro atoms. The van der Waals surface area contributed by atoms with E-state index in [4.69, 9.17) is 5.73 Å². The third-order valence-corrected chi connectivity index (χ3v) is 4.24. The third-order valence-electron chi connectivity index (χ3n) is 3.15. The van der Waals surface area contributed by atoms with Crippen molar-refractivity contribution in [2.24, 2.45) is 5.73 Å². The molecule has 1 unspecified atom stereocenters. The average Bonchev–Trinajstić information content (AvgIpc) is 2.54. The molecule has 0 saturated carbocycles. The van der Waals surface area contributed by atoms with Gasteiger partial charge < -0.3 is 11.1 Å². The monoisotopic (exact) mass is 314 g/mol. The summed E-state index contributed by atoms with van der Waals surface area (Å²) in [7, 11) is 0. The highest BCUT2D eigenvalue weighted by atomic mass is 32.2. The van der Waals surface area contributed by atoms with E-state index >= 15 is 0 Å². The molecule has 0 aliphatic heterocycles. The zero-order valence-corrected chi connectivity index (χ0v) is 13.1. The van der Waals surface area contributed by atoms with Gasteiger partial charge in [-0.25, -0.2) is 0 Å². The predicted octanol–water partition coefficient (Wildman–Crippen LogP) is 2.76. The van der Waals surface area contributed by atoms with E-state index in [9.17, 15) is 9.59 Å². The van der Waals surface area contributed by atoms with E-state index in [1.54, 1.807) is 12.1 Å². The summed E-state index contributed by atoms with van der Waals surface area (Å²) in [5.74, 6) is -0.416. The summed E-state index contributed by atoms with van der Waals surface area (Å²) in [6.45, 7) is 1.94. The van der Waals surface area contributed by atoms with Gasteiger partial charge in [-0.15, -0.1) is 11.8 Å². The predicted molar refractivity (Wildman–Crippen MR) is 88.7 cm³/mol. The summed E-state index contributed by atoms with van der Waals surface area (Å²) in [4.78, 5) is 24.1. The van der Waals surface area contributed by atoms with Gasteiger partial charge in [0.1, 0.15) is 0 Å². The molecule has 3 N–H and O–H groups in total. The van der Waals surface area contributed by atoms with Crippen LogP contribution in [-0.2, 0) is 4.79 Å². The molecule has 0 bridgehead atoms. The summed E-state index contributed by atoms with van der Waals surface area (Å²) in [6, 6.07) is 16.9. The van der Waals surface area contributed by atoms with E-state index in [1.807, 2.05) is 49.4 Å². The maximum absolute atomic E-state index is 12.5. The van der Waals surface area contributed by atoms with Gasteiger partial charge in [-0.1, -0.05) is 42.5 Å². The minimum absolute atomic E-state index is 0.0945. The van der Waals surface area contributed by atoms with E-state index < -0.39 is 5.91 Å². The number of carbonyl (C=O) groups is 2. The molecule has 2 amide bonds. The van der Waals surface area contributed by atoms with Crippen molar-refractivity contribution in [3.63, 3.8) is 0 Å².